The number of rotatable bonds is 2. The molecule has 19 heavy (non-hydrogen) atoms. The number of hydrogen-bond donors (Lipinski definition) is 1. The summed E-state index contributed by atoms with van der Waals surface area (Å²) in [6.07, 6.45) is 3.20. The number of nitrogens with one attached hydrogen (secondary N) is 1. The Morgan fingerprint density at radius 1 is 1.32 bits per heavy atom. The molecule has 1 aliphatic rings. The maximum absolute atomic E-state index is 12.0. The molecule has 0 unspecified atom stereocenters. The minimum absolute atomic E-state index is 0.0113. The molecule has 1 saturated heterocycles. The molecule has 7 heteroatoms. The zero-order valence-corrected chi connectivity index (χ0v) is 11.9. The Balaban J connectivity index is 2.06. The number of amides is 2. The molecular formula is C12H14BrN3O3. The molecule has 0 bridgehead atoms. The monoisotopic (exact) mass is 327 g/mol. The maximum atomic E-state index is 12.0. The van der Waals surface area contributed by atoms with E-state index in [0.717, 1.165) is 32.4 Å². The topological polar surface area (TPSA) is 75.5 Å². The van der Waals surface area contributed by atoms with Crippen molar-refractivity contribution in [1.82, 2.24) is 4.90 Å². The van der Waals surface area contributed by atoms with Crippen molar-refractivity contribution in [3.63, 3.8) is 0 Å². The van der Waals surface area contributed by atoms with Gasteiger partial charge in [0.1, 0.15) is 0 Å². The van der Waals surface area contributed by atoms with Gasteiger partial charge in [0.25, 0.3) is 5.69 Å². The third-order valence-electron chi connectivity index (χ3n) is 3.05. The predicted molar refractivity (Wildman–Crippen MR) is 75.2 cm³/mol. The van der Waals surface area contributed by atoms with Crippen LogP contribution in [0.15, 0.2) is 22.7 Å². The average Bonchev–Trinajstić information content (AvgIpc) is 2.41. The molecule has 0 aliphatic carbocycles. The summed E-state index contributed by atoms with van der Waals surface area (Å²) in [5.41, 5.74) is 0.531. The molecule has 0 saturated carbocycles. The number of carbonyl (C=O) groups is 1. The summed E-state index contributed by atoms with van der Waals surface area (Å²) in [6, 6.07) is 4.13. The van der Waals surface area contributed by atoms with Crippen molar-refractivity contribution in [2.24, 2.45) is 0 Å². The third kappa shape index (κ3) is 3.44. The summed E-state index contributed by atoms with van der Waals surface area (Å²) < 4.78 is 0.507. The van der Waals surface area contributed by atoms with Gasteiger partial charge in [0.2, 0.25) is 0 Å². The fraction of sp³-hybridized carbons (Fsp3) is 0.417. The number of hydrogen-bond acceptors (Lipinski definition) is 3. The molecule has 1 aromatic rings. The molecule has 1 N–H and O–H groups in total. The van der Waals surface area contributed by atoms with E-state index in [-0.39, 0.29) is 11.7 Å². The van der Waals surface area contributed by atoms with Crippen LogP contribution in [0, 0.1) is 10.1 Å². The van der Waals surface area contributed by atoms with Crippen LogP contribution in [0.4, 0.5) is 16.2 Å². The number of likely N-dealkylation sites (tertiary alicyclic amines) is 1. The second kappa shape index (κ2) is 6.01. The first-order valence-electron chi connectivity index (χ1n) is 6.08. The normalized spacial score (nSPS) is 15.1. The first kappa shape index (κ1) is 13.8. The van der Waals surface area contributed by atoms with Gasteiger partial charge in [-0.2, -0.15) is 0 Å². The summed E-state index contributed by atoms with van der Waals surface area (Å²) in [5.74, 6) is 0. The van der Waals surface area contributed by atoms with Gasteiger partial charge in [-0.3, -0.25) is 10.1 Å². The van der Waals surface area contributed by atoms with Crippen LogP contribution in [-0.4, -0.2) is 28.9 Å². The summed E-state index contributed by atoms with van der Waals surface area (Å²) in [7, 11) is 0. The van der Waals surface area contributed by atoms with Crippen LogP contribution in [0.5, 0.6) is 0 Å². The molecule has 6 nitrogen and oxygen atoms in total. The van der Waals surface area contributed by atoms with Gasteiger partial charge in [0, 0.05) is 29.7 Å². The van der Waals surface area contributed by atoms with Gasteiger partial charge < -0.3 is 10.2 Å². The number of benzene rings is 1. The van der Waals surface area contributed by atoms with Crippen molar-refractivity contribution < 1.29 is 9.72 Å². The largest absolute Gasteiger partial charge is 0.325 e. The molecule has 1 aromatic carbocycles. The van der Waals surface area contributed by atoms with Crippen LogP contribution in [0.2, 0.25) is 0 Å². The van der Waals surface area contributed by atoms with Crippen LogP contribution in [-0.2, 0) is 0 Å². The predicted octanol–water partition coefficient (Wildman–Crippen LogP) is 3.38. The Hall–Kier alpha value is -1.63. The number of anilines is 1. The average molecular weight is 328 g/mol. The van der Waals surface area contributed by atoms with Gasteiger partial charge in [-0.15, -0.1) is 0 Å². The Kier molecular flexibility index (Phi) is 4.36. The van der Waals surface area contributed by atoms with E-state index in [1.54, 1.807) is 4.90 Å². The van der Waals surface area contributed by atoms with Crippen LogP contribution >= 0.6 is 15.9 Å². The summed E-state index contributed by atoms with van der Waals surface area (Å²) in [4.78, 5) is 23.9. The number of piperidine rings is 1. The lowest BCUT2D eigenvalue weighted by Crippen LogP contribution is -2.38. The number of halogens is 1. The molecule has 1 heterocycles. The number of nitrogens with zero attached hydrogens (tertiary/aromatic N) is 2. The number of urea groups is 1. The van der Waals surface area contributed by atoms with E-state index in [0.29, 0.717) is 10.2 Å². The molecule has 0 atom stereocenters. The SMILES string of the molecule is O=C(Nc1ccc([N+](=O)[O-])cc1Br)N1CCCCC1. The van der Waals surface area contributed by atoms with Gasteiger partial charge in [0.15, 0.2) is 0 Å². The lowest BCUT2D eigenvalue weighted by Gasteiger charge is -2.26. The molecule has 0 spiro atoms. The molecular weight excluding hydrogens is 314 g/mol. The molecule has 2 amide bonds. The van der Waals surface area contributed by atoms with Gasteiger partial charge >= 0.3 is 6.03 Å². The highest BCUT2D eigenvalue weighted by Gasteiger charge is 2.18. The second-order valence-electron chi connectivity index (χ2n) is 4.40. The van der Waals surface area contributed by atoms with Crippen molar-refractivity contribution >= 4 is 33.3 Å². The quantitative estimate of drug-likeness (QED) is 0.668. The Labute approximate surface area is 119 Å². The van der Waals surface area contributed by atoms with Crippen molar-refractivity contribution in [2.75, 3.05) is 18.4 Å². The Morgan fingerprint density at radius 2 is 2.00 bits per heavy atom. The van der Waals surface area contributed by atoms with Gasteiger partial charge in [0.05, 0.1) is 10.6 Å². The van der Waals surface area contributed by atoms with Gasteiger partial charge in [-0.25, -0.2) is 4.79 Å². The molecule has 0 radical (unpaired) electrons. The van der Waals surface area contributed by atoms with Crippen LogP contribution < -0.4 is 5.32 Å². The molecule has 1 aliphatic heterocycles. The van der Waals surface area contributed by atoms with Gasteiger partial charge in [-0.05, 0) is 41.3 Å². The third-order valence-corrected chi connectivity index (χ3v) is 3.70. The maximum Gasteiger partial charge on any atom is 0.321 e. The highest BCUT2D eigenvalue weighted by Crippen LogP contribution is 2.27. The van der Waals surface area contributed by atoms with Crippen molar-refractivity contribution in [3.05, 3.63) is 32.8 Å². The number of non-ortho nitro benzene ring substituents is 1. The smallest absolute Gasteiger partial charge is 0.321 e. The molecule has 2 rings (SSSR count). The molecule has 1 fully saturated rings. The summed E-state index contributed by atoms with van der Waals surface area (Å²) >= 11 is 3.23. The number of nitro benzene ring substituents is 1. The fourth-order valence-electron chi connectivity index (χ4n) is 2.01. The lowest BCUT2D eigenvalue weighted by atomic mass is 10.1. The van der Waals surface area contributed by atoms with Crippen LogP contribution in [0.1, 0.15) is 19.3 Å². The summed E-state index contributed by atoms with van der Waals surface area (Å²) in [5, 5.41) is 13.4. The van der Waals surface area contributed by atoms with Crippen LogP contribution in [0.25, 0.3) is 0 Å². The van der Waals surface area contributed by atoms with E-state index >= 15 is 0 Å². The van der Waals surface area contributed by atoms with Crippen molar-refractivity contribution in [2.45, 2.75) is 19.3 Å². The first-order chi connectivity index (χ1) is 9.08. The zero-order chi connectivity index (χ0) is 13.8. The van der Waals surface area contributed by atoms with E-state index in [1.807, 2.05) is 0 Å². The highest BCUT2D eigenvalue weighted by atomic mass is 79.9. The Morgan fingerprint density at radius 3 is 2.58 bits per heavy atom. The van der Waals surface area contributed by atoms with E-state index in [2.05, 4.69) is 21.2 Å². The van der Waals surface area contributed by atoms with E-state index in [9.17, 15) is 14.9 Å². The fourth-order valence-corrected chi connectivity index (χ4v) is 2.48. The van der Waals surface area contributed by atoms with E-state index < -0.39 is 4.92 Å². The summed E-state index contributed by atoms with van der Waals surface area (Å²) in [6.45, 7) is 1.52. The second-order valence-corrected chi connectivity index (χ2v) is 5.25. The molecule has 0 aromatic heterocycles. The Bertz CT molecular complexity index is 501. The highest BCUT2D eigenvalue weighted by molar-refractivity contribution is 9.10. The van der Waals surface area contributed by atoms with Crippen molar-refractivity contribution in [1.29, 1.82) is 0 Å². The lowest BCUT2D eigenvalue weighted by molar-refractivity contribution is -0.384. The zero-order valence-electron chi connectivity index (χ0n) is 10.3. The van der Waals surface area contributed by atoms with E-state index in [1.165, 1.54) is 18.2 Å². The van der Waals surface area contributed by atoms with E-state index in [4.69, 9.17) is 0 Å². The number of carbonyl (C=O) groups excluding carboxylic acids is 1. The first-order valence-corrected chi connectivity index (χ1v) is 6.87. The van der Waals surface area contributed by atoms with Gasteiger partial charge in [-0.1, -0.05) is 0 Å². The standard InChI is InChI=1S/C12H14BrN3O3/c13-10-8-9(16(18)19)4-5-11(10)14-12(17)15-6-2-1-3-7-15/h4-5,8H,1-3,6-7H2,(H,14,17). The van der Waals surface area contributed by atoms with Crippen LogP contribution in [0.3, 0.4) is 0 Å². The number of nitro groups is 1. The minimum Gasteiger partial charge on any atom is -0.325 e. The minimum atomic E-state index is -0.471. The molecule has 102 valence electrons. The van der Waals surface area contributed by atoms with Crippen molar-refractivity contribution in [3.8, 4) is 0 Å².